The van der Waals surface area contributed by atoms with Gasteiger partial charge in [0.15, 0.2) is 0 Å². The molecule has 0 fully saturated rings. The van der Waals surface area contributed by atoms with E-state index in [1.165, 1.54) is 6.08 Å². The molecule has 0 aliphatic heterocycles. The third-order valence-corrected chi connectivity index (χ3v) is 4.73. The van der Waals surface area contributed by atoms with Gasteiger partial charge in [-0.1, -0.05) is 54.1 Å². The van der Waals surface area contributed by atoms with Crippen molar-refractivity contribution in [2.75, 3.05) is 18.5 Å². The summed E-state index contributed by atoms with van der Waals surface area (Å²) in [6, 6.07) is 14.0. The van der Waals surface area contributed by atoms with E-state index < -0.39 is 23.6 Å². The molecule has 0 unspecified atom stereocenters. The van der Waals surface area contributed by atoms with Crippen molar-refractivity contribution in [1.29, 1.82) is 0 Å². The Morgan fingerprint density at radius 3 is 2.47 bits per heavy atom. The first-order valence-electron chi connectivity index (χ1n) is 9.21. The third-order valence-electron chi connectivity index (χ3n) is 4.20. The number of benzene rings is 2. The molecule has 2 rings (SSSR count). The van der Waals surface area contributed by atoms with Gasteiger partial charge in [-0.2, -0.15) is 0 Å². The van der Waals surface area contributed by atoms with Crippen LogP contribution in [0.2, 0.25) is 0 Å². The highest BCUT2D eigenvalue weighted by molar-refractivity contribution is 9.10. The summed E-state index contributed by atoms with van der Waals surface area (Å²) >= 11 is 3.33. The molecular weight excluding hydrogens is 454 g/mol. The molecule has 0 heterocycles. The van der Waals surface area contributed by atoms with Gasteiger partial charge in [0, 0.05) is 27.2 Å². The molecular formula is C22H24BrNO6. The van der Waals surface area contributed by atoms with Crippen molar-refractivity contribution in [1.82, 2.24) is 0 Å². The predicted molar refractivity (Wildman–Crippen MR) is 117 cm³/mol. The van der Waals surface area contributed by atoms with E-state index in [4.69, 9.17) is 19.7 Å². The number of hydrogen-bond donors (Lipinski definition) is 3. The van der Waals surface area contributed by atoms with Crippen molar-refractivity contribution in [3.05, 3.63) is 70.7 Å². The average Bonchev–Trinajstić information content (AvgIpc) is 2.71. The number of para-hydroxylation sites is 1. The quantitative estimate of drug-likeness (QED) is 0.449. The van der Waals surface area contributed by atoms with Crippen LogP contribution in [0.15, 0.2) is 65.2 Å². The molecule has 1 atom stereocenters. The van der Waals surface area contributed by atoms with Crippen LogP contribution >= 0.6 is 15.9 Å². The Kier molecular flexibility index (Phi) is 8.44. The fraction of sp³-hybridized carbons (Fsp3) is 0.273. The molecule has 2 aromatic rings. The van der Waals surface area contributed by atoms with Gasteiger partial charge in [0.1, 0.15) is 18.5 Å². The number of carbonyl (C=O) groups excluding carboxylic acids is 1. The highest BCUT2D eigenvalue weighted by atomic mass is 79.9. The van der Waals surface area contributed by atoms with Crippen LogP contribution in [0.3, 0.4) is 0 Å². The number of halogens is 1. The number of amides is 1. The second kappa shape index (κ2) is 10.8. The normalized spacial score (nSPS) is 12.4. The average molecular weight is 478 g/mol. The van der Waals surface area contributed by atoms with Gasteiger partial charge < -0.3 is 19.7 Å². The molecule has 0 bridgehead atoms. The molecule has 8 heteroatoms. The number of aliphatic hydroxyl groups excluding tert-OH is 1. The van der Waals surface area contributed by atoms with Crippen molar-refractivity contribution in [2.45, 2.75) is 20.0 Å². The zero-order chi connectivity index (χ0) is 22.1. The second-order valence-electron chi connectivity index (χ2n) is 7.02. The van der Waals surface area contributed by atoms with Crippen molar-refractivity contribution in [3.8, 4) is 5.75 Å². The van der Waals surface area contributed by atoms with Crippen LogP contribution in [-0.4, -0.2) is 35.5 Å². The van der Waals surface area contributed by atoms with Gasteiger partial charge in [-0.15, -0.1) is 0 Å². The largest absolute Gasteiger partial charge is 0.491 e. The fourth-order valence-corrected chi connectivity index (χ4v) is 3.03. The highest BCUT2D eigenvalue weighted by Gasteiger charge is 2.34. The molecule has 3 N–H and O–H groups in total. The third kappa shape index (κ3) is 6.89. The molecule has 0 spiro atoms. The topological polar surface area (TPSA) is 105 Å². The molecule has 0 radical (unpaired) electrons. The van der Waals surface area contributed by atoms with Crippen LogP contribution in [0.4, 0.5) is 10.5 Å². The molecule has 1 amide bonds. The summed E-state index contributed by atoms with van der Waals surface area (Å²) in [6.07, 6.45) is 0.921. The van der Waals surface area contributed by atoms with Gasteiger partial charge >= 0.3 is 12.1 Å². The highest BCUT2D eigenvalue weighted by Crippen LogP contribution is 2.42. The predicted octanol–water partition coefficient (Wildman–Crippen LogP) is 4.78. The maximum Gasteiger partial charge on any atom is 0.412 e. The number of ether oxygens (including phenoxy) is 2. The minimum absolute atomic E-state index is 0.0697. The number of aliphatic hydroxyl groups is 1. The zero-order valence-electron chi connectivity index (χ0n) is 16.7. The number of nitrogens with one attached hydrogen (secondary N) is 1. The lowest BCUT2D eigenvalue weighted by Gasteiger charge is -2.32. The van der Waals surface area contributed by atoms with Gasteiger partial charge in [-0.3, -0.25) is 5.32 Å². The number of aliphatic carboxylic acids is 1. The molecule has 0 aromatic heterocycles. The molecule has 0 saturated heterocycles. The van der Waals surface area contributed by atoms with E-state index in [9.17, 15) is 9.59 Å². The summed E-state index contributed by atoms with van der Waals surface area (Å²) in [4.78, 5) is 23.7. The van der Waals surface area contributed by atoms with E-state index in [0.29, 0.717) is 17.0 Å². The Balaban J connectivity index is 2.35. The Morgan fingerprint density at radius 2 is 1.83 bits per heavy atom. The van der Waals surface area contributed by atoms with E-state index in [0.717, 1.165) is 10.5 Å². The smallest absolute Gasteiger partial charge is 0.412 e. The summed E-state index contributed by atoms with van der Waals surface area (Å²) in [5.41, 5.74) is 0.219. The number of anilines is 1. The first kappa shape index (κ1) is 23.4. The van der Waals surface area contributed by atoms with Crippen molar-refractivity contribution < 1.29 is 29.3 Å². The summed E-state index contributed by atoms with van der Waals surface area (Å²) in [5, 5.41) is 20.8. The van der Waals surface area contributed by atoms with Crippen LogP contribution in [0.1, 0.15) is 25.5 Å². The fourth-order valence-electron chi connectivity index (χ4n) is 2.76. The summed E-state index contributed by atoms with van der Waals surface area (Å²) in [5.74, 6) is -0.671. The van der Waals surface area contributed by atoms with Crippen LogP contribution in [0.5, 0.6) is 5.75 Å². The van der Waals surface area contributed by atoms with E-state index in [-0.39, 0.29) is 13.2 Å². The van der Waals surface area contributed by atoms with E-state index in [1.54, 1.807) is 62.4 Å². The van der Waals surface area contributed by atoms with E-state index >= 15 is 0 Å². The van der Waals surface area contributed by atoms with Crippen LogP contribution in [0.25, 0.3) is 0 Å². The lowest BCUT2D eigenvalue weighted by Crippen LogP contribution is -2.28. The molecule has 7 nitrogen and oxygen atoms in total. The number of carbonyl (C=O) groups is 2. The summed E-state index contributed by atoms with van der Waals surface area (Å²) in [7, 11) is 0. The van der Waals surface area contributed by atoms with E-state index in [2.05, 4.69) is 21.2 Å². The number of rotatable bonds is 9. The summed E-state index contributed by atoms with van der Waals surface area (Å²) in [6.45, 7) is 3.41. The van der Waals surface area contributed by atoms with Crippen molar-refractivity contribution >= 4 is 33.7 Å². The van der Waals surface area contributed by atoms with Gasteiger partial charge in [0.2, 0.25) is 0 Å². The Morgan fingerprint density at radius 1 is 1.17 bits per heavy atom. The minimum atomic E-state index is -1.11. The SMILES string of the molecule is CC(C)(/C=C/C(=O)O)[C@H](OC(=O)Nc1ccc(Br)cc1)c1ccccc1OCCO. The van der Waals surface area contributed by atoms with Crippen LogP contribution in [-0.2, 0) is 9.53 Å². The van der Waals surface area contributed by atoms with Gasteiger partial charge in [0.25, 0.3) is 0 Å². The number of carboxylic acid groups (broad SMARTS) is 1. The number of carboxylic acids is 1. The molecule has 30 heavy (non-hydrogen) atoms. The summed E-state index contributed by atoms with van der Waals surface area (Å²) < 4.78 is 12.2. The maximum absolute atomic E-state index is 12.6. The monoisotopic (exact) mass is 477 g/mol. The molecule has 0 aliphatic rings. The van der Waals surface area contributed by atoms with Crippen LogP contribution in [0, 0.1) is 5.41 Å². The first-order chi connectivity index (χ1) is 14.2. The lowest BCUT2D eigenvalue weighted by atomic mass is 9.81. The Labute approximate surface area is 183 Å². The van der Waals surface area contributed by atoms with Crippen molar-refractivity contribution in [2.24, 2.45) is 5.41 Å². The molecule has 2 aromatic carbocycles. The van der Waals surface area contributed by atoms with Crippen molar-refractivity contribution in [3.63, 3.8) is 0 Å². The van der Waals surface area contributed by atoms with E-state index in [1.807, 2.05) is 0 Å². The molecule has 0 saturated carbocycles. The van der Waals surface area contributed by atoms with Crippen LogP contribution < -0.4 is 10.1 Å². The number of hydrogen-bond acceptors (Lipinski definition) is 5. The van der Waals surface area contributed by atoms with Gasteiger partial charge in [-0.25, -0.2) is 9.59 Å². The Hall–Kier alpha value is -2.84. The minimum Gasteiger partial charge on any atom is -0.491 e. The van der Waals surface area contributed by atoms with Gasteiger partial charge in [0.05, 0.1) is 6.61 Å². The first-order valence-corrected chi connectivity index (χ1v) is 10.00. The molecule has 160 valence electrons. The standard InChI is InChI=1S/C22H24BrNO6/c1-22(2,12-11-19(26)27)20(17-5-3-4-6-18(17)29-14-13-25)30-21(28)24-16-9-7-15(23)8-10-16/h3-12,20,25H,13-14H2,1-2H3,(H,24,28)(H,26,27)/b12-11+/t20-/m1/s1. The lowest BCUT2D eigenvalue weighted by molar-refractivity contribution is -0.131. The Bertz CT molecular complexity index is 895. The zero-order valence-corrected chi connectivity index (χ0v) is 18.3. The maximum atomic E-state index is 12.6. The second-order valence-corrected chi connectivity index (χ2v) is 7.94. The molecule has 0 aliphatic carbocycles. The van der Waals surface area contributed by atoms with Gasteiger partial charge in [-0.05, 0) is 30.3 Å².